The van der Waals surface area contributed by atoms with Crippen LogP contribution in [0.15, 0.2) is 0 Å². The molecule has 3 rings (SSSR count). The molecule has 5 N–H and O–H groups in total. The van der Waals surface area contributed by atoms with Gasteiger partial charge >= 0.3 is 17.9 Å². The Morgan fingerprint density at radius 1 is 1.04 bits per heavy atom. The fourth-order valence-corrected chi connectivity index (χ4v) is 3.43. The van der Waals surface area contributed by atoms with Crippen molar-refractivity contribution in [1.29, 1.82) is 0 Å². The molecule has 0 spiro atoms. The van der Waals surface area contributed by atoms with Crippen LogP contribution in [0.5, 0.6) is 0 Å². The van der Waals surface area contributed by atoms with E-state index in [0.717, 1.165) is 12.8 Å². The second kappa shape index (κ2) is 6.63. The molecule has 24 heavy (non-hydrogen) atoms. The molecule has 3 saturated heterocycles. The van der Waals surface area contributed by atoms with Crippen molar-refractivity contribution in [1.82, 2.24) is 4.90 Å². The van der Waals surface area contributed by atoms with E-state index in [2.05, 4.69) is 11.9 Å². The summed E-state index contributed by atoms with van der Waals surface area (Å²) in [4.78, 5) is 32.9. The highest BCUT2D eigenvalue weighted by atomic mass is 16.6. The van der Waals surface area contributed by atoms with E-state index in [-0.39, 0.29) is 6.10 Å². The van der Waals surface area contributed by atoms with Crippen LogP contribution in [-0.2, 0) is 19.1 Å². The molecule has 3 fully saturated rings. The van der Waals surface area contributed by atoms with E-state index in [4.69, 9.17) is 25.2 Å². The fourth-order valence-electron chi connectivity index (χ4n) is 3.43. The molecule has 0 amide bonds. The van der Waals surface area contributed by atoms with Gasteiger partial charge in [0.1, 0.15) is 12.2 Å². The first-order chi connectivity index (χ1) is 11.0. The maximum atomic E-state index is 10.3. The number of piperidine rings is 1. The fraction of sp³-hybridized carbons (Fsp3) is 0.786. The number of aliphatic carboxylic acids is 3. The monoisotopic (exact) mass is 347 g/mol. The number of nitrogens with zero attached hydrogens (tertiary/aromatic N) is 1. The molecule has 4 unspecified atom stereocenters. The SMILES string of the molecule is CN1C2CC(O)CC1C1OC12.O=C(O)CC(O)(CC(=O)O)C(=O)O. The van der Waals surface area contributed by atoms with Gasteiger partial charge in [-0.3, -0.25) is 14.5 Å². The van der Waals surface area contributed by atoms with Gasteiger partial charge in [0.25, 0.3) is 0 Å². The molecular weight excluding hydrogens is 326 g/mol. The van der Waals surface area contributed by atoms with Gasteiger partial charge in [-0.25, -0.2) is 4.79 Å². The number of rotatable bonds is 5. The van der Waals surface area contributed by atoms with Crippen LogP contribution in [0, 0.1) is 0 Å². The van der Waals surface area contributed by atoms with Gasteiger partial charge in [0, 0.05) is 12.1 Å². The van der Waals surface area contributed by atoms with E-state index >= 15 is 0 Å². The Kier molecular flexibility index (Phi) is 5.14. The highest BCUT2D eigenvalue weighted by Gasteiger charge is 2.62. The summed E-state index contributed by atoms with van der Waals surface area (Å²) in [6, 6.07) is 1.02. The number of carboxylic acids is 3. The topological polar surface area (TPSA) is 168 Å². The van der Waals surface area contributed by atoms with Crippen molar-refractivity contribution in [3.63, 3.8) is 0 Å². The molecule has 0 saturated carbocycles. The molecule has 3 aliphatic heterocycles. The van der Waals surface area contributed by atoms with E-state index in [1.54, 1.807) is 0 Å². The number of morpholine rings is 1. The predicted octanol–water partition coefficient (Wildman–Crippen LogP) is -1.66. The van der Waals surface area contributed by atoms with Gasteiger partial charge in [-0.2, -0.15) is 0 Å². The second-order valence-corrected chi connectivity index (χ2v) is 6.47. The number of carboxylic acid groups (broad SMARTS) is 3. The lowest BCUT2D eigenvalue weighted by atomic mass is 9.96. The first-order valence-corrected chi connectivity index (χ1v) is 7.50. The average molecular weight is 347 g/mol. The number of carbonyl (C=O) groups is 3. The van der Waals surface area contributed by atoms with Crippen LogP contribution in [0.1, 0.15) is 25.7 Å². The Hall–Kier alpha value is -1.75. The Morgan fingerprint density at radius 3 is 1.79 bits per heavy atom. The quantitative estimate of drug-likeness (QED) is 0.363. The van der Waals surface area contributed by atoms with Crippen molar-refractivity contribution in [3.8, 4) is 0 Å². The average Bonchev–Trinajstić information content (AvgIpc) is 3.15. The minimum atomic E-state index is -2.74. The number of aliphatic hydroxyl groups excluding tert-OH is 1. The molecule has 136 valence electrons. The summed E-state index contributed by atoms with van der Waals surface area (Å²) in [5.74, 6) is -5.02. The lowest BCUT2D eigenvalue weighted by molar-refractivity contribution is -0.170. The van der Waals surface area contributed by atoms with E-state index in [9.17, 15) is 19.5 Å². The maximum Gasteiger partial charge on any atom is 0.336 e. The highest BCUT2D eigenvalue weighted by Crippen LogP contribution is 2.47. The van der Waals surface area contributed by atoms with Crippen LogP contribution >= 0.6 is 0 Å². The van der Waals surface area contributed by atoms with E-state index in [1.165, 1.54) is 0 Å². The molecule has 0 aliphatic carbocycles. The van der Waals surface area contributed by atoms with Crippen LogP contribution < -0.4 is 0 Å². The molecule has 10 heteroatoms. The van der Waals surface area contributed by atoms with Crippen molar-refractivity contribution in [2.75, 3.05) is 7.05 Å². The molecule has 2 bridgehead atoms. The maximum absolute atomic E-state index is 10.3. The van der Waals surface area contributed by atoms with Crippen molar-refractivity contribution >= 4 is 17.9 Å². The normalized spacial score (nSPS) is 33.9. The third kappa shape index (κ3) is 3.83. The summed E-state index contributed by atoms with van der Waals surface area (Å²) in [5.41, 5.74) is -2.74. The van der Waals surface area contributed by atoms with Crippen molar-refractivity contribution in [2.24, 2.45) is 0 Å². The lowest BCUT2D eigenvalue weighted by Gasteiger charge is -2.36. The Morgan fingerprint density at radius 2 is 1.46 bits per heavy atom. The molecule has 0 aromatic heterocycles. The Balaban J connectivity index is 0.000000174. The lowest BCUT2D eigenvalue weighted by Crippen LogP contribution is -2.46. The molecule has 0 radical (unpaired) electrons. The molecule has 0 aromatic carbocycles. The molecule has 3 heterocycles. The number of hydrogen-bond acceptors (Lipinski definition) is 7. The van der Waals surface area contributed by atoms with Crippen LogP contribution in [0.2, 0.25) is 0 Å². The number of epoxide rings is 1. The van der Waals surface area contributed by atoms with Crippen molar-refractivity contribution < 1.29 is 44.7 Å². The summed E-state index contributed by atoms with van der Waals surface area (Å²) >= 11 is 0. The molecular formula is C14H21NO9. The predicted molar refractivity (Wildman–Crippen MR) is 76.3 cm³/mol. The van der Waals surface area contributed by atoms with Crippen LogP contribution in [0.3, 0.4) is 0 Å². The van der Waals surface area contributed by atoms with Crippen LogP contribution in [-0.4, -0.2) is 91.4 Å². The summed E-state index contributed by atoms with van der Waals surface area (Å²) in [6.45, 7) is 0. The number of ether oxygens (including phenoxy) is 1. The summed E-state index contributed by atoms with van der Waals surface area (Å²) in [5, 5.41) is 43.3. The van der Waals surface area contributed by atoms with E-state index in [1.807, 2.05) is 0 Å². The summed E-state index contributed by atoms with van der Waals surface area (Å²) in [7, 11) is 2.15. The van der Waals surface area contributed by atoms with Crippen molar-refractivity contribution in [3.05, 3.63) is 0 Å². The zero-order chi connectivity index (χ0) is 18.2. The van der Waals surface area contributed by atoms with Gasteiger partial charge in [0.05, 0.1) is 18.9 Å². The zero-order valence-corrected chi connectivity index (χ0v) is 13.0. The minimum Gasteiger partial charge on any atom is -0.481 e. The smallest absolute Gasteiger partial charge is 0.336 e. The molecule has 10 nitrogen and oxygen atoms in total. The molecule has 0 aromatic rings. The minimum absolute atomic E-state index is 0.0717. The number of aliphatic hydroxyl groups is 2. The number of fused-ring (bicyclic) bond motifs is 5. The molecule has 3 aliphatic rings. The zero-order valence-electron chi connectivity index (χ0n) is 13.0. The molecule has 4 atom stereocenters. The third-order valence-electron chi connectivity index (χ3n) is 4.68. The van der Waals surface area contributed by atoms with Gasteiger partial charge < -0.3 is 30.3 Å². The Labute approximate surface area is 137 Å². The van der Waals surface area contributed by atoms with Gasteiger partial charge in [0.15, 0.2) is 5.60 Å². The first kappa shape index (κ1) is 18.6. The van der Waals surface area contributed by atoms with Gasteiger partial charge in [-0.05, 0) is 19.9 Å². The van der Waals surface area contributed by atoms with Crippen LogP contribution in [0.4, 0.5) is 0 Å². The van der Waals surface area contributed by atoms with Gasteiger partial charge in [0.2, 0.25) is 0 Å². The largest absolute Gasteiger partial charge is 0.481 e. The first-order valence-electron chi connectivity index (χ1n) is 7.50. The number of hydrogen-bond donors (Lipinski definition) is 5. The van der Waals surface area contributed by atoms with Gasteiger partial charge in [-0.15, -0.1) is 0 Å². The number of likely N-dealkylation sites (N-methyl/N-ethyl adjacent to an activating group) is 1. The highest BCUT2D eigenvalue weighted by molar-refractivity contribution is 5.88. The summed E-state index contributed by atoms with van der Waals surface area (Å²) < 4.78 is 5.49. The Bertz CT molecular complexity index is 502. The van der Waals surface area contributed by atoms with Crippen molar-refractivity contribution in [2.45, 2.75) is 61.7 Å². The van der Waals surface area contributed by atoms with E-state index < -0.39 is 36.4 Å². The standard InChI is InChI=1S/C8H13NO2.C6H8O7/c1-9-5-2-4(10)3-6(9)8-7(5)11-8;7-3(8)1-6(13,5(11)12)2-4(9)10/h4-8,10H,2-3H2,1H3;13H,1-2H2,(H,7,8)(H,9,10)(H,11,12). The van der Waals surface area contributed by atoms with Crippen LogP contribution in [0.25, 0.3) is 0 Å². The third-order valence-corrected chi connectivity index (χ3v) is 4.68. The second-order valence-electron chi connectivity index (χ2n) is 6.47. The van der Waals surface area contributed by atoms with Gasteiger partial charge in [-0.1, -0.05) is 0 Å². The summed E-state index contributed by atoms with van der Waals surface area (Å²) in [6.07, 6.45) is 0.382. The van der Waals surface area contributed by atoms with E-state index in [0.29, 0.717) is 24.3 Å².